The number of rotatable bonds is 3. The van der Waals surface area contributed by atoms with Crippen LogP contribution in [0.2, 0.25) is 0 Å². The number of anilines is 2. The number of amides is 1. The Morgan fingerprint density at radius 1 is 1.24 bits per heavy atom. The number of carboxylic acid groups (broad SMARTS) is 1. The van der Waals surface area contributed by atoms with Crippen LogP contribution in [-0.2, 0) is 0 Å². The molecule has 0 radical (unpaired) electrons. The largest absolute Gasteiger partial charge is 0.478 e. The van der Waals surface area contributed by atoms with Gasteiger partial charge in [-0.3, -0.25) is 9.78 Å². The van der Waals surface area contributed by atoms with E-state index in [0.29, 0.717) is 5.69 Å². The van der Waals surface area contributed by atoms with Crippen LogP contribution in [0.1, 0.15) is 20.7 Å². The van der Waals surface area contributed by atoms with Gasteiger partial charge in [-0.05, 0) is 24.3 Å². The number of carbonyl (C=O) groups is 2. The van der Waals surface area contributed by atoms with E-state index in [4.69, 9.17) is 10.8 Å². The lowest BCUT2D eigenvalue weighted by Gasteiger charge is -2.19. The van der Waals surface area contributed by atoms with E-state index in [1.54, 1.807) is 0 Å². The van der Waals surface area contributed by atoms with Crippen molar-refractivity contribution in [3.05, 3.63) is 53.6 Å². The molecule has 7 heteroatoms. The number of aromatic nitrogens is 1. The highest BCUT2D eigenvalue weighted by Gasteiger charge is 2.17. The fraction of sp³-hybridized carbons (Fsp3) is 0.0714. The number of hydrogen-bond acceptors (Lipinski definition) is 4. The highest BCUT2D eigenvalue weighted by atomic mass is 19.1. The molecule has 2 rings (SSSR count). The van der Waals surface area contributed by atoms with E-state index in [2.05, 4.69) is 4.98 Å². The van der Waals surface area contributed by atoms with E-state index in [1.165, 1.54) is 36.3 Å². The summed E-state index contributed by atoms with van der Waals surface area (Å²) < 4.78 is 13.1. The van der Waals surface area contributed by atoms with E-state index >= 15 is 0 Å². The molecule has 21 heavy (non-hydrogen) atoms. The number of nitrogens with zero attached hydrogens (tertiary/aromatic N) is 2. The number of pyridine rings is 1. The van der Waals surface area contributed by atoms with Crippen LogP contribution in [0.5, 0.6) is 0 Å². The van der Waals surface area contributed by atoms with Crippen LogP contribution < -0.4 is 10.6 Å². The minimum absolute atomic E-state index is 0.0181. The first kappa shape index (κ1) is 14.4. The zero-order chi connectivity index (χ0) is 15.6. The fourth-order valence-electron chi connectivity index (χ4n) is 1.82. The molecule has 0 unspecified atom stereocenters. The molecule has 0 saturated heterocycles. The number of aromatic carboxylic acids is 1. The summed E-state index contributed by atoms with van der Waals surface area (Å²) in [6.07, 6.45) is 2.23. The molecule has 1 amide bonds. The predicted octanol–water partition coefficient (Wildman–Crippen LogP) is 1.78. The smallest absolute Gasteiger partial charge is 0.335 e. The number of carbonyl (C=O) groups excluding carboxylic acids is 1. The second-order valence-electron chi connectivity index (χ2n) is 4.33. The van der Waals surface area contributed by atoms with Crippen LogP contribution in [0.4, 0.5) is 15.8 Å². The Morgan fingerprint density at radius 3 is 2.52 bits per heavy atom. The van der Waals surface area contributed by atoms with Crippen molar-refractivity contribution in [2.24, 2.45) is 0 Å². The van der Waals surface area contributed by atoms with Gasteiger partial charge in [0.05, 0.1) is 28.7 Å². The lowest BCUT2D eigenvalue weighted by atomic mass is 10.1. The molecular formula is C14H12FN3O3. The Hall–Kier alpha value is -2.96. The van der Waals surface area contributed by atoms with Gasteiger partial charge in [-0.2, -0.15) is 0 Å². The maximum absolute atomic E-state index is 13.1. The molecule has 108 valence electrons. The van der Waals surface area contributed by atoms with Crippen molar-refractivity contribution in [2.45, 2.75) is 0 Å². The summed E-state index contributed by atoms with van der Waals surface area (Å²) in [6, 6.07) is 5.07. The van der Waals surface area contributed by atoms with Gasteiger partial charge in [-0.25, -0.2) is 9.18 Å². The van der Waals surface area contributed by atoms with Gasteiger partial charge in [-0.1, -0.05) is 0 Å². The molecule has 1 aromatic heterocycles. The molecule has 0 bridgehead atoms. The summed E-state index contributed by atoms with van der Waals surface area (Å²) >= 11 is 0. The predicted molar refractivity (Wildman–Crippen MR) is 74.7 cm³/mol. The molecule has 6 nitrogen and oxygen atoms in total. The summed E-state index contributed by atoms with van der Waals surface area (Å²) in [5.41, 5.74) is 6.31. The van der Waals surface area contributed by atoms with Gasteiger partial charge in [0.15, 0.2) is 0 Å². The van der Waals surface area contributed by atoms with Crippen LogP contribution in [0.25, 0.3) is 0 Å². The molecule has 0 aliphatic heterocycles. The average molecular weight is 289 g/mol. The maximum atomic E-state index is 13.1. The van der Waals surface area contributed by atoms with Gasteiger partial charge >= 0.3 is 5.97 Å². The van der Waals surface area contributed by atoms with E-state index < -0.39 is 17.7 Å². The standard InChI is InChI=1S/C14H12FN3O3/c1-18(13(19)9-4-10(15)7-17-6-9)12-3-2-8(14(20)21)5-11(12)16/h2-7H,16H2,1H3,(H,20,21). The summed E-state index contributed by atoms with van der Waals surface area (Å²) in [6.45, 7) is 0. The van der Waals surface area contributed by atoms with E-state index in [-0.39, 0.29) is 16.8 Å². The number of hydrogen-bond donors (Lipinski definition) is 2. The van der Waals surface area contributed by atoms with Gasteiger partial charge in [0.1, 0.15) is 5.82 Å². The normalized spacial score (nSPS) is 10.2. The van der Waals surface area contributed by atoms with Crippen molar-refractivity contribution in [2.75, 3.05) is 17.7 Å². The molecule has 1 aromatic carbocycles. The van der Waals surface area contributed by atoms with Crippen LogP contribution in [0.3, 0.4) is 0 Å². The molecule has 3 N–H and O–H groups in total. The molecule has 0 aliphatic rings. The lowest BCUT2D eigenvalue weighted by Crippen LogP contribution is -2.27. The highest BCUT2D eigenvalue weighted by Crippen LogP contribution is 2.24. The Kier molecular flexibility index (Phi) is 3.84. The molecule has 0 fully saturated rings. The topological polar surface area (TPSA) is 96.5 Å². The third-order valence-corrected chi connectivity index (χ3v) is 2.89. The molecule has 0 aliphatic carbocycles. The Balaban J connectivity index is 2.33. The molecule has 0 atom stereocenters. The zero-order valence-corrected chi connectivity index (χ0v) is 11.1. The van der Waals surface area contributed by atoms with Gasteiger partial charge in [0.2, 0.25) is 0 Å². The molecule has 0 spiro atoms. The lowest BCUT2D eigenvalue weighted by molar-refractivity contribution is 0.0697. The fourth-order valence-corrected chi connectivity index (χ4v) is 1.82. The number of carboxylic acids is 1. The summed E-state index contributed by atoms with van der Waals surface area (Å²) in [7, 11) is 1.46. The SMILES string of the molecule is CN(C(=O)c1cncc(F)c1)c1ccc(C(=O)O)cc1N. The third kappa shape index (κ3) is 2.97. The van der Waals surface area contributed by atoms with Crippen molar-refractivity contribution in [3.63, 3.8) is 0 Å². The Morgan fingerprint density at radius 2 is 1.95 bits per heavy atom. The first-order valence-electron chi connectivity index (χ1n) is 5.91. The molecular weight excluding hydrogens is 277 g/mol. The van der Waals surface area contributed by atoms with Gasteiger partial charge in [-0.15, -0.1) is 0 Å². The number of nitrogen functional groups attached to an aromatic ring is 1. The van der Waals surface area contributed by atoms with Crippen molar-refractivity contribution in [1.29, 1.82) is 0 Å². The van der Waals surface area contributed by atoms with Crippen LogP contribution in [-0.4, -0.2) is 29.0 Å². The van der Waals surface area contributed by atoms with E-state index in [1.807, 2.05) is 0 Å². The maximum Gasteiger partial charge on any atom is 0.335 e. The van der Waals surface area contributed by atoms with Crippen molar-refractivity contribution in [1.82, 2.24) is 4.98 Å². The Labute approximate surface area is 119 Å². The first-order chi connectivity index (χ1) is 9.90. The van der Waals surface area contributed by atoms with Gasteiger partial charge < -0.3 is 15.7 Å². The van der Waals surface area contributed by atoms with Crippen LogP contribution >= 0.6 is 0 Å². The van der Waals surface area contributed by atoms with Crippen LogP contribution in [0, 0.1) is 5.82 Å². The number of halogens is 1. The second-order valence-corrected chi connectivity index (χ2v) is 4.33. The van der Waals surface area contributed by atoms with Crippen molar-refractivity contribution in [3.8, 4) is 0 Å². The molecule has 0 saturated carbocycles. The zero-order valence-electron chi connectivity index (χ0n) is 11.1. The van der Waals surface area contributed by atoms with Crippen LogP contribution in [0.15, 0.2) is 36.7 Å². The summed E-state index contributed by atoms with van der Waals surface area (Å²) in [5.74, 6) is -2.24. The van der Waals surface area contributed by atoms with Gasteiger partial charge in [0.25, 0.3) is 5.91 Å². The number of benzene rings is 1. The minimum Gasteiger partial charge on any atom is -0.478 e. The highest BCUT2D eigenvalue weighted by molar-refractivity contribution is 6.07. The van der Waals surface area contributed by atoms with E-state index in [0.717, 1.165) is 12.3 Å². The van der Waals surface area contributed by atoms with Crippen molar-refractivity contribution >= 4 is 23.3 Å². The second kappa shape index (κ2) is 5.58. The molecule has 1 heterocycles. The van der Waals surface area contributed by atoms with E-state index in [9.17, 15) is 14.0 Å². The quantitative estimate of drug-likeness (QED) is 0.839. The van der Waals surface area contributed by atoms with Crippen molar-refractivity contribution < 1.29 is 19.1 Å². The summed E-state index contributed by atoms with van der Waals surface area (Å²) in [5, 5.41) is 8.87. The number of nitrogens with two attached hydrogens (primary N) is 1. The monoisotopic (exact) mass is 289 g/mol. The third-order valence-electron chi connectivity index (χ3n) is 2.89. The Bertz CT molecular complexity index is 718. The average Bonchev–Trinajstić information content (AvgIpc) is 2.45. The molecule has 2 aromatic rings. The van der Waals surface area contributed by atoms with Gasteiger partial charge in [0, 0.05) is 13.2 Å². The minimum atomic E-state index is -1.11. The first-order valence-corrected chi connectivity index (χ1v) is 5.91. The summed E-state index contributed by atoms with van der Waals surface area (Å²) in [4.78, 5) is 27.9.